The molecule has 184 valence electrons. The molecular formula is C25H34N4O4S. The summed E-state index contributed by atoms with van der Waals surface area (Å²) in [4.78, 5) is 13.8. The van der Waals surface area contributed by atoms with Gasteiger partial charge in [0, 0.05) is 32.1 Å². The van der Waals surface area contributed by atoms with Crippen molar-refractivity contribution in [1.29, 1.82) is 0 Å². The summed E-state index contributed by atoms with van der Waals surface area (Å²) in [6.45, 7) is 2.53. The number of benzene rings is 2. The van der Waals surface area contributed by atoms with Crippen LogP contribution in [0.5, 0.6) is 5.75 Å². The molecule has 0 radical (unpaired) electrons. The van der Waals surface area contributed by atoms with Crippen molar-refractivity contribution in [2.45, 2.75) is 37.8 Å². The number of hydrogen-bond donors (Lipinski definition) is 3. The van der Waals surface area contributed by atoms with Crippen molar-refractivity contribution in [2.24, 2.45) is 5.92 Å². The molecule has 2 atom stereocenters. The number of hydrazine groups is 1. The molecule has 1 heterocycles. The minimum Gasteiger partial charge on any atom is -0.496 e. The van der Waals surface area contributed by atoms with Gasteiger partial charge in [-0.1, -0.05) is 61.7 Å². The van der Waals surface area contributed by atoms with Crippen LogP contribution in [0.15, 0.2) is 54.6 Å². The lowest BCUT2D eigenvalue weighted by Gasteiger charge is -2.52. The number of piperazine rings is 1. The fraction of sp³-hybridized carbons (Fsp3) is 0.480. The third kappa shape index (κ3) is 5.04. The van der Waals surface area contributed by atoms with Gasteiger partial charge in [-0.05, 0) is 30.5 Å². The van der Waals surface area contributed by atoms with Crippen LogP contribution in [0.3, 0.4) is 0 Å². The molecule has 1 saturated heterocycles. The Hall–Kier alpha value is -2.30. The van der Waals surface area contributed by atoms with E-state index in [0.717, 1.165) is 37.7 Å². The molecule has 1 aliphatic heterocycles. The van der Waals surface area contributed by atoms with Gasteiger partial charge in [0.2, 0.25) is 0 Å². The number of carbonyl (C=O) groups excluding carboxylic acids is 1. The highest BCUT2D eigenvalue weighted by atomic mass is 32.2. The predicted octanol–water partition coefficient (Wildman–Crippen LogP) is 3.12. The Labute approximate surface area is 204 Å². The molecule has 2 fully saturated rings. The Morgan fingerprint density at radius 1 is 1.09 bits per heavy atom. The van der Waals surface area contributed by atoms with Gasteiger partial charge in [0.1, 0.15) is 5.75 Å². The Morgan fingerprint density at radius 3 is 2.38 bits per heavy atom. The minimum absolute atomic E-state index is 0.0479. The largest absolute Gasteiger partial charge is 0.496 e. The van der Waals surface area contributed by atoms with Gasteiger partial charge in [0.05, 0.1) is 12.7 Å². The summed E-state index contributed by atoms with van der Waals surface area (Å²) in [5.74, 6) is 0.0789. The van der Waals surface area contributed by atoms with E-state index in [2.05, 4.69) is 10.6 Å². The lowest BCUT2D eigenvalue weighted by atomic mass is 9.76. The molecule has 1 aliphatic carbocycles. The smallest absolute Gasteiger partial charge is 0.256 e. The lowest BCUT2D eigenvalue weighted by Crippen LogP contribution is -2.69. The Kier molecular flexibility index (Phi) is 8.33. The summed E-state index contributed by atoms with van der Waals surface area (Å²) in [5, 5.41) is 8.50. The van der Waals surface area contributed by atoms with Crippen LogP contribution in [0.2, 0.25) is 0 Å². The van der Waals surface area contributed by atoms with Crippen molar-refractivity contribution < 1.29 is 18.3 Å². The molecular weight excluding hydrogens is 452 g/mol. The molecule has 4 rings (SSSR count). The molecule has 8 nitrogen and oxygen atoms in total. The quantitative estimate of drug-likeness (QED) is 0.392. The molecule has 0 spiro atoms. The fourth-order valence-electron chi connectivity index (χ4n) is 5.29. The van der Waals surface area contributed by atoms with Gasteiger partial charge in [-0.15, -0.1) is 4.41 Å². The predicted molar refractivity (Wildman–Crippen MR) is 132 cm³/mol. The van der Waals surface area contributed by atoms with Crippen molar-refractivity contribution in [1.82, 2.24) is 20.1 Å². The average Bonchev–Trinajstić information content (AvgIpc) is 2.89. The summed E-state index contributed by atoms with van der Waals surface area (Å²) < 4.78 is 30.8. The number of ether oxygens (including phenoxy) is 1. The van der Waals surface area contributed by atoms with Gasteiger partial charge in [0.15, 0.2) is 5.66 Å². The van der Waals surface area contributed by atoms with Crippen LogP contribution >= 0.6 is 0 Å². The number of methoxy groups -OCH3 is 1. The van der Waals surface area contributed by atoms with E-state index in [4.69, 9.17) is 4.74 Å². The maximum Gasteiger partial charge on any atom is 0.256 e. The first-order chi connectivity index (χ1) is 16.6. The molecule has 9 heteroatoms. The zero-order valence-corrected chi connectivity index (χ0v) is 20.4. The van der Waals surface area contributed by atoms with E-state index in [-0.39, 0.29) is 11.8 Å². The number of carbonyl (C=O) groups is 1. The van der Waals surface area contributed by atoms with E-state index in [0.29, 0.717) is 37.5 Å². The third-order valence-corrected chi connectivity index (χ3v) is 7.68. The van der Waals surface area contributed by atoms with Gasteiger partial charge in [0.25, 0.3) is 17.2 Å². The van der Waals surface area contributed by atoms with Gasteiger partial charge in [-0.2, -0.15) is 0 Å². The van der Waals surface area contributed by atoms with E-state index >= 15 is 0 Å². The standard InChI is InChI=1S/C25H34N4O4S/c1-33-23-15-9-8-14-22(23)24(30)27-25(20-10-4-2-5-11-20,21-12-6-3-7-13-21)29(34(31)32)28-18-16-26-17-19-28/h2,4-5,8-11,14-15,21,26H,3,6-7,12-13,16-19H2,1H3,(H,27,30)(H,31,32). The first-order valence-corrected chi connectivity index (χ1v) is 13.0. The Morgan fingerprint density at radius 2 is 1.74 bits per heavy atom. The second-order valence-electron chi connectivity index (χ2n) is 8.83. The number of amides is 1. The maximum absolute atomic E-state index is 13.8. The summed E-state index contributed by atoms with van der Waals surface area (Å²) in [7, 11) is 1.54. The highest BCUT2D eigenvalue weighted by Gasteiger charge is 2.52. The molecule has 34 heavy (non-hydrogen) atoms. The molecule has 1 amide bonds. The second kappa shape index (κ2) is 11.4. The number of para-hydroxylation sites is 1. The summed E-state index contributed by atoms with van der Waals surface area (Å²) in [6.07, 6.45) is 4.84. The Bertz CT molecular complexity index is 980. The van der Waals surface area contributed by atoms with E-state index in [1.807, 2.05) is 41.4 Å². The summed E-state index contributed by atoms with van der Waals surface area (Å²) >= 11 is -2.37. The van der Waals surface area contributed by atoms with Crippen LogP contribution in [0.1, 0.15) is 48.0 Å². The van der Waals surface area contributed by atoms with Gasteiger partial charge >= 0.3 is 0 Å². The van der Waals surface area contributed by atoms with Crippen LogP contribution in [-0.2, 0) is 16.9 Å². The van der Waals surface area contributed by atoms with Crippen LogP contribution in [0.25, 0.3) is 0 Å². The third-order valence-electron chi connectivity index (χ3n) is 6.87. The highest BCUT2D eigenvalue weighted by molar-refractivity contribution is 7.76. The lowest BCUT2D eigenvalue weighted by molar-refractivity contribution is -0.0927. The van der Waals surface area contributed by atoms with Crippen LogP contribution in [0, 0.1) is 5.92 Å². The zero-order chi connectivity index (χ0) is 24.0. The first-order valence-electron chi connectivity index (χ1n) is 12.0. The van der Waals surface area contributed by atoms with E-state index in [1.54, 1.807) is 18.2 Å². The SMILES string of the molecule is COc1ccccc1C(=O)NC(c1ccccc1)(C1CCCCC1)N(N1CCNCC1)S(=O)O. The maximum atomic E-state index is 13.8. The number of nitrogens with one attached hydrogen (secondary N) is 2. The van der Waals surface area contributed by atoms with Gasteiger partial charge in [-0.3, -0.25) is 9.35 Å². The van der Waals surface area contributed by atoms with Crippen molar-refractivity contribution >= 4 is 17.2 Å². The number of hydrogen-bond acceptors (Lipinski definition) is 5. The van der Waals surface area contributed by atoms with Crippen molar-refractivity contribution in [3.8, 4) is 5.75 Å². The molecule has 2 aromatic carbocycles. The molecule has 2 unspecified atom stereocenters. The average molecular weight is 487 g/mol. The van der Waals surface area contributed by atoms with Gasteiger partial charge < -0.3 is 15.4 Å². The Balaban J connectivity index is 1.88. The molecule has 0 aromatic heterocycles. The molecule has 1 saturated carbocycles. The van der Waals surface area contributed by atoms with Gasteiger partial charge in [-0.25, -0.2) is 9.22 Å². The summed E-state index contributed by atoms with van der Waals surface area (Å²) in [6, 6.07) is 16.7. The topological polar surface area (TPSA) is 94.1 Å². The van der Waals surface area contributed by atoms with Crippen LogP contribution in [0.4, 0.5) is 0 Å². The second-order valence-corrected chi connectivity index (χ2v) is 9.64. The first kappa shape index (κ1) is 24.8. The number of rotatable bonds is 8. The molecule has 0 bridgehead atoms. The van der Waals surface area contributed by atoms with Crippen molar-refractivity contribution in [3.63, 3.8) is 0 Å². The zero-order valence-electron chi connectivity index (χ0n) is 19.6. The monoisotopic (exact) mass is 486 g/mol. The molecule has 3 N–H and O–H groups in total. The number of nitrogens with zero attached hydrogens (tertiary/aromatic N) is 2. The molecule has 2 aliphatic rings. The normalized spacial score (nSPS) is 20.4. The highest BCUT2D eigenvalue weighted by Crippen LogP contribution is 2.44. The molecule has 2 aromatic rings. The fourth-order valence-corrected chi connectivity index (χ4v) is 6.20. The van der Waals surface area contributed by atoms with E-state index in [1.165, 1.54) is 11.5 Å². The van der Waals surface area contributed by atoms with Crippen molar-refractivity contribution in [3.05, 3.63) is 65.7 Å². The van der Waals surface area contributed by atoms with Crippen LogP contribution in [-0.4, -0.2) is 57.4 Å². The van der Waals surface area contributed by atoms with E-state index < -0.39 is 16.9 Å². The van der Waals surface area contributed by atoms with E-state index in [9.17, 15) is 13.6 Å². The van der Waals surface area contributed by atoms with Crippen LogP contribution < -0.4 is 15.4 Å². The summed E-state index contributed by atoms with van der Waals surface area (Å²) in [5.41, 5.74) is -0.00694. The minimum atomic E-state index is -2.37. The van der Waals surface area contributed by atoms with Crippen molar-refractivity contribution in [2.75, 3.05) is 33.3 Å².